The van der Waals surface area contributed by atoms with Crippen LogP contribution in [0.1, 0.15) is 129 Å². The van der Waals surface area contributed by atoms with Crippen molar-refractivity contribution in [3.05, 3.63) is 42.8 Å². The molecule has 0 unspecified atom stereocenters. The molecule has 0 spiro atoms. The van der Waals surface area contributed by atoms with Crippen LogP contribution in [-0.2, 0) is 0 Å². The molecule has 0 aliphatic rings. The van der Waals surface area contributed by atoms with Crippen LogP contribution in [0.4, 0.5) is 0 Å². The van der Waals surface area contributed by atoms with Crippen molar-refractivity contribution in [2.45, 2.75) is 123 Å². The van der Waals surface area contributed by atoms with Gasteiger partial charge >= 0.3 is 23.1 Å². The SMILES string of the molecule is CCCCCCCCCCCCCCCCCCC.[CH2-]c1ccccc1.[Cl-].[Mg+2]. The minimum absolute atomic E-state index is 0. The fourth-order valence-electron chi connectivity index (χ4n) is 3.28. The van der Waals surface area contributed by atoms with E-state index in [0.717, 1.165) is 5.56 Å². The molecule has 0 bridgehead atoms. The Morgan fingerprint density at radius 2 is 0.750 bits per heavy atom. The third-order valence-corrected chi connectivity index (χ3v) is 5.05. The van der Waals surface area contributed by atoms with E-state index in [1.165, 1.54) is 109 Å². The van der Waals surface area contributed by atoms with Crippen LogP contribution < -0.4 is 12.4 Å². The van der Waals surface area contributed by atoms with E-state index in [9.17, 15) is 0 Å². The average Bonchev–Trinajstić information content (AvgIpc) is 2.66. The summed E-state index contributed by atoms with van der Waals surface area (Å²) in [5.41, 5.74) is 1.07. The minimum atomic E-state index is 0. The van der Waals surface area contributed by atoms with Gasteiger partial charge in [-0.05, 0) is 0 Å². The largest absolute Gasteiger partial charge is 2.00 e. The van der Waals surface area contributed by atoms with Crippen LogP contribution in [0.2, 0.25) is 0 Å². The number of hydrogen-bond donors (Lipinski definition) is 0. The van der Waals surface area contributed by atoms with Crippen molar-refractivity contribution in [2.75, 3.05) is 0 Å². The molecule has 1 aromatic rings. The number of hydrogen-bond acceptors (Lipinski definition) is 0. The molecular formula is C26H47ClMg. The van der Waals surface area contributed by atoms with Crippen LogP contribution >= 0.6 is 0 Å². The van der Waals surface area contributed by atoms with Gasteiger partial charge in [-0.1, -0.05) is 129 Å². The Hall–Kier alpha value is 0.146. The zero-order valence-corrected chi connectivity index (χ0v) is 21.4. The first-order valence-electron chi connectivity index (χ1n) is 11.7. The molecule has 1 rings (SSSR count). The first-order valence-corrected chi connectivity index (χ1v) is 11.7. The molecule has 28 heavy (non-hydrogen) atoms. The van der Waals surface area contributed by atoms with Crippen LogP contribution in [0.3, 0.4) is 0 Å². The maximum Gasteiger partial charge on any atom is 2.00 e. The zero-order chi connectivity index (χ0) is 19.1. The average molecular weight is 419 g/mol. The van der Waals surface area contributed by atoms with Crippen molar-refractivity contribution >= 4 is 23.1 Å². The van der Waals surface area contributed by atoms with E-state index in [1.807, 2.05) is 30.3 Å². The Morgan fingerprint density at radius 1 is 0.500 bits per heavy atom. The molecule has 0 aliphatic heterocycles. The zero-order valence-electron chi connectivity index (χ0n) is 19.2. The van der Waals surface area contributed by atoms with E-state index in [1.54, 1.807) is 0 Å². The summed E-state index contributed by atoms with van der Waals surface area (Å²) in [6.45, 7) is 8.31. The Labute approximate surface area is 200 Å². The first kappa shape index (κ1) is 32.8. The molecule has 0 aliphatic carbocycles. The third-order valence-electron chi connectivity index (χ3n) is 5.05. The fraction of sp³-hybridized carbons (Fsp3) is 0.731. The summed E-state index contributed by atoms with van der Waals surface area (Å²) in [5.74, 6) is 0. The Balaban J connectivity index is -0.000000583. The van der Waals surface area contributed by atoms with Crippen LogP contribution in [0, 0.1) is 6.92 Å². The summed E-state index contributed by atoms with van der Waals surface area (Å²) in [5, 5.41) is 0. The standard InChI is InChI=1S/C19H40.C7H7.ClH.Mg/c1-3-5-7-9-11-13-15-17-19-18-16-14-12-10-8-6-4-2;1-7-5-3-2-4-6-7;;/h3-19H2,1-2H3;2-6H,1H2;1H;/q;-1;;+2/p-1. The molecule has 0 aromatic heterocycles. The van der Waals surface area contributed by atoms with E-state index < -0.39 is 0 Å². The maximum atomic E-state index is 3.72. The maximum absolute atomic E-state index is 3.72. The molecule has 0 radical (unpaired) electrons. The summed E-state index contributed by atoms with van der Waals surface area (Å²) < 4.78 is 0. The molecule has 0 amide bonds. The Bertz CT molecular complexity index is 337. The van der Waals surface area contributed by atoms with Crippen molar-refractivity contribution in [2.24, 2.45) is 0 Å². The monoisotopic (exact) mass is 418 g/mol. The van der Waals surface area contributed by atoms with E-state index in [0.29, 0.717) is 0 Å². The van der Waals surface area contributed by atoms with Gasteiger partial charge < -0.3 is 12.4 Å². The van der Waals surface area contributed by atoms with E-state index in [-0.39, 0.29) is 35.5 Å². The van der Waals surface area contributed by atoms with Crippen LogP contribution in [0.15, 0.2) is 30.3 Å². The second kappa shape index (κ2) is 29.3. The number of unbranched alkanes of at least 4 members (excludes halogenated alkanes) is 16. The summed E-state index contributed by atoms with van der Waals surface area (Å²) in [6, 6.07) is 9.87. The van der Waals surface area contributed by atoms with Crippen molar-refractivity contribution in [3.63, 3.8) is 0 Å². The second-order valence-electron chi connectivity index (χ2n) is 7.79. The molecule has 1 aromatic carbocycles. The van der Waals surface area contributed by atoms with Gasteiger partial charge in [-0.15, -0.1) is 12.1 Å². The van der Waals surface area contributed by atoms with Gasteiger partial charge in [0.05, 0.1) is 0 Å². The molecule has 0 atom stereocenters. The first-order chi connectivity index (χ1) is 12.8. The summed E-state index contributed by atoms with van der Waals surface area (Å²) in [7, 11) is 0. The van der Waals surface area contributed by atoms with E-state index in [2.05, 4.69) is 20.8 Å². The predicted octanol–water partition coefficient (Wildman–Crippen LogP) is 6.15. The van der Waals surface area contributed by atoms with Gasteiger partial charge in [0, 0.05) is 0 Å². The van der Waals surface area contributed by atoms with Gasteiger partial charge in [-0.25, -0.2) is 0 Å². The molecular weight excluding hydrogens is 372 g/mol. The van der Waals surface area contributed by atoms with Gasteiger partial charge in [-0.3, -0.25) is 0 Å². The van der Waals surface area contributed by atoms with Gasteiger partial charge in [-0.2, -0.15) is 24.6 Å². The molecule has 2 heteroatoms. The van der Waals surface area contributed by atoms with E-state index >= 15 is 0 Å². The van der Waals surface area contributed by atoms with E-state index in [4.69, 9.17) is 0 Å². The molecule has 0 N–H and O–H groups in total. The molecule has 0 saturated carbocycles. The normalized spacial score (nSPS) is 9.64. The van der Waals surface area contributed by atoms with Crippen molar-refractivity contribution in [3.8, 4) is 0 Å². The summed E-state index contributed by atoms with van der Waals surface area (Å²) in [4.78, 5) is 0. The second-order valence-corrected chi connectivity index (χ2v) is 7.79. The van der Waals surface area contributed by atoms with Gasteiger partial charge in [0.1, 0.15) is 0 Å². The van der Waals surface area contributed by atoms with Gasteiger partial charge in [0.15, 0.2) is 0 Å². The van der Waals surface area contributed by atoms with Crippen molar-refractivity contribution in [1.29, 1.82) is 0 Å². The number of halogens is 1. The fourth-order valence-corrected chi connectivity index (χ4v) is 3.28. The topological polar surface area (TPSA) is 0 Å². The van der Waals surface area contributed by atoms with Gasteiger partial charge in [0.25, 0.3) is 0 Å². The number of benzene rings is 1. The van der Waals surface area contributed by atoms with Gasteiger partial charge in [0.2, 0.25) is 0 Å². The van der Waals surface area contributed by atoms with Crippen LogP contribution in [0.25, 0.3) is 0 Å². The smallest absolute Gasteiger partial charge is 1.00 e. The molecule has 0 nitrogen and oxygen atoms in total. The van der Waals surface area contributed by atoms with Crippen molar-refractivity contribution in [1.82, 2.24) is 0 Å². The quantitative estimate of drug-likeness (QED) is 0.171. The Kier molecular flexibility index (Phi) is 34.4. The predicted molar refractivity (Wildman–Crippen MR) is 126 cm³/mol. The third kappa shape index (κ3) is 28.4. The summed E-state index contributed by atoms with van der Waals surface area (Å²) >= 11 is 0. The van der Waals surface area contributed by atoms with Crippen LogP contribution in [0.5, 0.6) is 0 Å². The minimum Gasteiger partial charge on any atom is -1.00 e. The molecule has 0 saturated heterocycles. The molecule has 160 valence electrons. The summed E-state index contributed by atoms with van der Waals surface area (Å²) in [6.07, 6.45) is 24.9. The Morgan fingerprint density at radius 3 is 0.929 bits per heavy atom. The molecule has 0 heterocycles. The van der Waals surface area contributed by atoms with Crippen molar-refractivity contribution < 1.29 is 12.4 Å². The van der Waals surface area contributed by atoms with Crippen LogP contribution in [-0.4, -0.2) is 23.1 Å². The molecule has 0 fully saturated rings. The number of rotatable bonds is 16.